The number of halogens is 1. The second kappa shape index (κ2) is 4.86. The van der Waals surface area contributed by atoms with E-state index in [1.807, 2.05) is 6.07 Å². The zero-order valence-electron chi connectivity index (χ0n) is 8.73. The summed E-state index contributed by atoms with van der Waals surface area (Å²) in [6.07, 6.45) is 2.19. The van der Waals surface area contributed by atoms with Crippen molar-refractivity contribution in [2.75, 3.05) is 6.61 Å². The summed E-state index contributed by atoms with van der Waals surface area (Å²) < 4.78 is 13.5. The van der Waals surface area contributed by atoms with Gasteiger partial charge < -0.3 is 5.11 Å². The molecule has 1 aromatic carbocycles. The zero-order valence-corrected chi connectivity index (χ0v) is 8.73. The number of hydrogen-bond donors (Lipinski definition) is 1. The lowest BCUT2D eigenvalue weighted by Crippen LogP contribution is -1.93. The van der Waals surface area contributed by atoms with Crippen molar-refractivity contribution in [3.8, 4) is 11.3 Å². The van der Waals surface area contributed by atoms with Crippen molar-refractivity contribution < 1.29 is 9.50 Å². The van der Waals surface area contributed by atoms with Crippen molar-refractivity contribution in [1.82, 2.24) is 4.98 Å². The summed E-state index contributed by atoms with van der Waals surface area (Å²) >= 11 is 0. The van der Waals surface area contributed by atoms with E-state index in [4.69, 9.17) is 5.11 Å². The SMILES string of the molecule is OCCc1ccnc(-c2ccccc2F)c1. The fourth-order valence-corrected chi connectivity index (χ4v) is 1.58. The molecule has 3 heteroatoms. The van der Waals surface area contributed by atoms with E-state index in [0.29, 0.717) is 17.7 Å². The van der Waals surface area contributed by atoms with Crippen LogP contribution in [0.3, 0.4) is 0 Å². The number of hydrogen-bond acceptors (Lipinski definition) is 2. The van der Waals surface area contributed by atoms with Crippen LogP contribution >= 0.6 is 0 Å². The lowest BCUT2D eigenvalue weighted by Gasteiger charge is -2.04. The van der Waals surface area contributed by atoms with Gasteiger partial charge in [-0.3, -0.25) is 4.98 Å². The maximum Gasteiger partial charge on any atom is 0.132 e. The Labute approximate surface area is 93.4 Å². The van der Waals surface area contributed by atoms with Gasteiger partial charge in [-0.25, -0.2) is 4.39 Å². The van der Waals surface area contributed by atoms with E-state index in [1.165, 1.54) is 6.07 Å². The summed E-state index contributed by atoms with van der Waals surface area (Å²) in [5.41, 5.74) is 2.04. The zero-order chi connectivity index (χ0) is 11.4. The Morgan fingerprint density at radius 1 is 1.19 bits per heavy atom. The summed E-state index contributed by atoms with van der Waals surface area (Å²) in [4.78, 5) is 4.13. The molecule has 1 N–H and O–H groups in total. The highest BCUT2D eigenvalue weighted by Gasteiger charge is 2.05. The third kappa shape index (κ3) is 2.25. The van der Waals surface area contributed by atoms with Gasteiger partial charge in [-0.1, -0.05) is 12.1 Å². The molecular formula is C13H12FNO. The Morgan fingerprint density at radius 2 is 2.00 bits per heavy atom. The Bertz CT molecular complexity index is 485. The molecule has 2 nitrogen and oxygen atoms in total. The Balaban J connectivity index is 2.40. The third-order valence-corrected chi connectivity index (χ3v) is 2.37. The summed E-state index contributed by atoms with van der Waals surface area (Å²) in [5, 5.41) is 8.84. The molecule has 1 heterocycles. The van der Waals surface area contributed by atoms with E-state index in [9.17, 15) is 4.39 Å². The molecule has 0 aliphatic rings. The van der Waals surface area contributed by atoms with Crippen molar-refractivity contribution in [2.45, 2.75) is 6.42 Å². The van der Waals surface area contributed by atoms with Gasteiger partial charge in [0.15, 0.2) is 0 Å². The smallest absolute Gasteiger partial charge is 0.132 e. The van der Waals surface area contributed by atoms with Gasteiger partial charge >= 0.3 is 0 Å². The average Bonchev–Trinajstić information content (AvgIpc) is 2.30. The molecule has 1 aromatic heterocycles. The molecule has 0 atom stereocenters. The van der Waals surface area contributed by atoms with Crippen LogP contribution in [-0.2, 0) is 6.42 Å². The standard InChI is InChI=1S/C13H12FNO/c14-12-4-2-1-3-11(12)13-9-10(6-8-16)5-7-15-13/h1-5,7,9,16H,6,8H2. The Kier molecular flexibility index (Phi) is 3.27. The lowest BCUT2D eigenvalue weighted by atomic mass is 10.1. The second-order valence-electron chi connectivity index (χ2n) is 3.50. The fourth-order valence-electron chi connectivity index (χ4n) is 1.58. The Hall–Kier alpha value is -1.74. The molecule has 0 bridgehead atoms. The van der Waals surface area contributed by atoms with Gasteiger partial charge in [-0.05, 0) is 36.2 Å². The van der Waals surface area contributed by atoms with Gasteiger partial charge in [0.1, 0.15) is 5.82 Å². The molecule has 2 rings (SSSR count). The van der Waals surface area contributed by atoms with Gasteiger partial charge in [-0.15, -0.1) is 0 Å². The average molecular weight is 217 g/mol. The lowest BCUT2D eigenvalue weighted by molar-refractivity contribution is 0.299. The summed E-state index contributed by atoms with van der Waals surface area (Å²) in [6, 6.07) is 10.2. The van der Waals surface area contributed by atoms with E-state index in [0.717, 1.165) is 5.56 Å². The largest absolute Gasteiger partial charge is 0.396 e. The fraction of sp³-hybridized carbons (Fsp3) is 0.154. The predicted octanol–water partition coefficient (Wildman–Crippen LogP) is 2.42. The van der Waals surface area contributed by atoms with Crippen LogP contribution in [0.25, 0.3) is 11.3 Å². The quantitative estimate of drug-likeness (QED) is 0.856. The van der Waals surface area contributed by atoms with E-state index in [-0.39, 0.29) is 12.4 Å². The van der Waals surface area contributed by atoms with Gasteiger partial charge in [0.05, 0.1) is 5.69 Å². The van der Waals surface area contributed by atoms with E-state index >= 15 is 0 Å². The van der Waals surface area contributed by atoms with Crippen molar-refractivity contribution in [3.05, 3.63) is 54.0 Å². The van der Waals surface area contributed by atoms with Crippen LogP contribution < -0.4 is 0 Å². The first-order valence-electron chi connectivity index (χ1n) is 5.12. The minimum absolute atomic E-state index is 0.0841. The number of benzene rings is 1. The van der Waals surface area contributed by atoms with Gasteiger partial charge in [-0.2, -0.15) is 0 Å². The van der Waals surface area contributed by atoms with E-state index < -0.39 is 0 Å². The van der Waals surface area contributed by atoms with Crippen molar-refractivity contribution in [2.24, 2.45) is 0 Å². The van der Waals surface area contributed by atoms with Crippen LogP contribution in [0.2, 0.25) is 0 Å². The van der Waals surface area contributed by atoms with Crippen LogP contribution in [0.15, 0.2) is 42.6 Å². The third-order valence-electron chi connectivity index (χ3n) is 2.37. The number of nitrogens with zero attached hydrogens (tertiary/aromatic N) is 1. The topological polar surface area (TPSA) is 33.1 Å². The van der Waals surface area contributed by atoms with Crippen LogP contribution in [-0.4, -0.2) is 16.7 Å². The molecule has 2 aromatic rings. The first kappa shape index (κ1) is 10.8. The molecule has 82 valence electrons. The van der Waals surface area contributed by atoms with Crippen LogP contribution in [0.5, 0.6) is 0 Å². The molecule has 0 saturated carbocycles. The monoisotopic (exact) mass is 217 g/mol. The number of rotatable bonds is 3. The van der Waals surface area contributed by atoms with Crippen molar-refractivity contribution in [1.29, 1.82) is 0 Å². The normalized spacial score (nSPS) is 10.4. The number of pyridine rings is 1. The van der Waals surface area contributed by atoms with E-state index in [2.05, 4.69) is 4.98 Å². The van der Waals surface area contributed by atoms with Crippen molar-refractivity contribution in [3.63, 3.8) is 0 Å². The second-order valence-corrected chi connectivity index (χ2v) is 3.50. The molecule has 0 fully saturated rings. The van der Waals surface area contributed by atoms with Crippen LogP contribution in [0.4, 0.5) is 4.39 Å². The van der Waals surface area contributed by atoms with Crippen LogP contribution in [0, 0.1) is 5.82 Å². The molecule has 16 heavy (non-hydrogen) atoms. The highest BCUT2D eigenvalue weighted by atomic mass is 19.1. The molecule has 0 aliphatic carbocycles. The van der Waals surface area contributed by atoms with Crippen molar-refractivity contribution >= 4 is 0 Å². The molecule has 0 unspecified atom stereocenters. The molecule has 0 spiro atoms. The number of aliphatic hydroxyl groups is 1. The molecule has 0 saturated heterocycles. The minimum atomic E-state index is -0.281. The summed E-state index contributed by atoms with van der Waals surface area (Å²) in [6.45, 7) is 0.0841. The summed E-state index contributed by atoms with van der Waals surface area (Å²) in [7, 11) is 0. The molecule has 0 aliphatic heterocycles. The highest BCUT2D eigenvalue weighted by Crippen LogP contribution is 2.20. The molecule has 0 amide bonds. The van der Waals surface area contributed by atoms with Gasteiger partial charge in [0.2, 0.25) is 0 Å². The highest BCUT2D eigenvalue weighted by molar-refractivity contribution is 5.60. The van der Waals surface area contributed by atoms with Crippen LogP contribution in [0.1, 0.15) is 5.56 Å². The molecular weight excluding hydrogens is 205 g/mol. The first-order valence-corrected chi connectivity index (χ1v) is 5.12. The maximum atomic E-state index is 13.5. The predicted molar refractivity (Wildman–Crippen MR) is 60.4 cm³/mol. The first-order chi connectivity index (χ1) is 7.81. The summed E-state index contributed by atoms with van der Waals surface area (Å²) in [5.74, 6) is -0.281. The number of aromatic nitrogens is 1. The van der Waals surface area contributed by atoms with Gasteiger partial charge in [0, 0.05) is 18.4 Å². The molecule has 0 radical (unpaired) electrons. The van der Waals surface area contributed by atoms with E-state index in [1.54, 1.807) is 30.5 Å². The maximum absolute atomic E-state index is 13.5. The minimum Gasteiger partial charge on any atom is -0.396 e. The Morgan fingerprint density at radius 3 is 2.75 bits per heavy atom. The number of aliphatic hydroxyl groups excluding tert-OH is 1. The van der Waals surface area contributed by atoms with Gasteiger partial charge in [0.25, 0.3) is 0 Å².